The van der Waals surface area contributed by atoms with E-state index in [-0.39, 0.29) is 18.9 Å². The second-order valence-corrected chi connectivity index (χ2v) is 8.10. The van der Waals surface area contributed by atoms with E-state index in [1.54, 1.807) is 36.4 Å². The summed E-state index contributed by atoms with van der Waals surface area (Å²) < 4.78 is 30.6. The molecule has 0 aliphatic carbocycles. The molecule has 0 radical (unpaired) electrons. The largest absolute Gasteiger partial charge is 0.495 e. The molecule has 0 spiro atoms. The van der Waals surface area contributed by atoms with Gasteiger partial charge in [0.2, 0.25) is 15.9 Å². The van der Waals surface area contributed by atoms with Crippen LogP contribution in [0.1, 0.15) is 12.0 Å². The van der Waals surface area contributed by atoms with Gasteiger partial charge >= 0.3 is 0 Å². The van der Waals surface area contributed by atoms with Crippen molar-refractivity contribution in [1.29, 1.82) is 0 Å². The Bertz CT molecular complexity index is 900. The van der Waals surface area contributed by atoms with Crippen LogP contribution in [0.2, 0.25) is 5.02 Å². The van der Waals surface area contributed by atoms with Gasteiger partial charge in [-0.2, -0.15) is 0 Å². The first-order valence-electron chi connectivity index (χ1n) is 7.89. The number of methoxy groups -OCH3 is 1. The molecular weight excluding hydrogens is 376 g/mol. The van der Waals surface area contributed by atoms with Crippen LogP contribution in [0.3, 0.4) is 0 Å². The summed E-state index contributed by atoms with van der Waals surface area (Å²) in [7, 11) is -2.07. The van der Waals surface area contributed by atoms with Gasteiger partial charge in [0.05, 0.1) is 29.8 Å². The van der Waals surface area contributed by atoms with Crippen molar-refractivity contribution in [2.24, 2.45) is 0 Å². The minimum atomic E-state index is -3.58. The monoisotopic (exact) mass is 396 g/mol. The molecule has 0 aromatic heterocycles. The number of carbonyl (C=O) groups excluding carboxylic acids is 1. The summed E-state index contributed by atoms with van der Waals surface area (Å²) in [6, 6.07) is 12.0. The van der Waals surface area contributed by atoms with Gasteiger partial charge < -0.3 is 10.1 Å². The molecule has 2 aromatic carbocycles. The first-order chi connectivity index (χ1) is 12.2. The van der Waals surface area contributed by atoms with Gasteiger partial charge in [0, 0.05) is 13.0 Å². The van der Waals surface area contributed by atoms with Gasteiger partial charge in [-0.1, -0.05) is 29.8 Å². The first-order valence-corrected chi connectivity index (χ1v) is 10.1. The number of amides is 1. The fourth-order valence-corrected chi connectivity index (χ4v) is 3.68. The lowest BCUT2D eigenvalue weighted by atomic mass is 10.2. The molecule has 8 heteroatoms. The highest BCUT2D eigenvalue weighted by atomic mass is 35.5. The number of nitrogens with zero attached hydrogens (tertiary/aromatic N) is 1. The molecule has 0 bridgehead atoms. The zero-order chi connectivity index (χ0) is 19.3. The van der Waals surface area contributed by atoms with Crippen molar-refractivity contribution >= 4 is 38.9 Å². The van der Waals surface area contributed by atoms with Gasteiger partial charge in [0.25, 0.3) is 0 Å². The van der Waals surface area contributed by atoms with Crippen LogP contribution >= 0.6 is 11.6 Å². The summed E-state index contributed by atoms with van der Waals surface area (Å²) in [6.45, 7) is 1.88. The van der Waals surface area contributed by atoms with Crippen molar-refractivity contribution in [2.45, 2.75) is 13.3 Å². The smallest absolute Gasteiger partial charge is 0.232 e. The van der Waals surface area contributed by atoms with Gasteiger partial charge in [-0.3, -0.25) is 9.10 Å². The quantitative estimate of drug-likeness (QED) is 0.777. The Morgan fingerprint density at radius 1 is 1.23 bits per heavy atom. The van der Waals surface area contributed by atoms with E-state index in [4.69, 9.17) is 16.3 Å². The van der Waals surface area contributed by atoms with Gasteiger partial charge in [0.15, 0.2) is 0 Å². The Hall–Kier alpha value is -2.25. The number of anilines is 2. The highest BCUT2D eigenvalue weighted by molar-refractivity contribution is 7.92. The maximum absolute atomic E-state index is 12.3. The lowest BCUT2D eigenvalue weighted by molar-refractivity contribution is -0.116. The van der Waals surface area contributed by atoms with Crippen LogP contribution in [0.5, 0.6) is 5.75 Å². The van der Waals surface area contributed by atoms with E-state index in [2.05, 4.69) is 5.32 Å². The highest BCUT2D eigenvalue weighted by Crippen LogP contribution is 2.28. The third kappa shape index (κ3) is 5.12. The molecule has 0 saturated heterocycles. The van der Waals surface area contributed by atoms with Gasteiger partial charge in [-0.05, 0) is 36.8 Å². The fourth-order valence-electron chi connectivity index (χ4n) is 2.45. The molecule has 0 heterocycles. The number of aryl methyl sites for hydroxylation is 1. The molecule has 0 fully saturated rings. The minimum absolute atomic E-state index is 0.0253. The van der Waals surface area contributed by atoms with E-state index < -0.39 is 10.0 Å². The standard InChI is InChI=1S/C18H21ClN2O4S/c1-13-8-9-17(25-2)15(12-13)20-18(22)10-11-21(26(3,23)24)16-7-5-4-6-14(16)19/h4-9,12H,10-11H2,1-3H3,(H,20,22). The van der Waals surface area contributed by atoms with Gasteiger partial charge in [0.1, 0.15) is 5.75 Å². The normalized spacial score (nSPS) is 11.1. The number of nitrogens with one attached hydrogen (secondary N) is 1. The second kappa shape index (κ2) is 8.42. The molecule has 0 saturated carbocycles. The summed E-state index contributed by atoms with van der Waals surface area (Å²) in [5, 5.41) is 3.06. The molecule has 2 rings (SSSR count). The first kappa shape index (κ1) is 20.1. The average molecular weight is 397 g/mol. The molecule has 6 nitrogen and oxygen atoms in total. The van der Waals surface area contributed by atoms with E-state index in [0.29, 0.717) is 22.1 Å². The SMILES string of the molecule is COc1ccc(C)cc1NC(=O)CCN(c1ccccc1Cl)S(C)(=O)=O. The number of benzene rings is 2. The number of ether oxygens (including phenoxy) is 1. The number of halogens is 1. The maximum Gasteiger partial charge on any atom is 0.232 e. The average Bonchev–Trinajstić information content (AvgIpc) is 2.55. The molecule has 0 atom stereocenters. The summed E-state index contributed by atoms with van der Waals surface area (Å²) in [4.78, 5) is 12.3. The van der Waals surface area contributed by atoms with Crippen LogP contribution < -0.4 is 14.4 Å². The molecule has 0 aliphatic rings. The second-order valence-electron chi connectivity index (χ2n) is 5.79. The zero-order valence-electron chi connectivity index (χ0n) is 14.8. The van der Waals surface area contributed by atoms with Gasteiger partial charge in [-0.25, -0.2) is 8.42 Å². The van der Waals surface area contributed by atoms with Crippen molar-refractivity contribution in [2.75, 3.05) is 29.5 Å². The Labute approximate surface area is 158 Å². The predicted octanol–water partition coefficient (Wildman–Crippen LogP) is 3.45. The zero-order valence-corrected chi connectivity index (χ0v) is 16.4. The van der Waals surface area contributed by atoms with Crippen LogP contribution in [0.25, 0.3) is 0 Å². The third-order valence-electron chi connectivity index (χ3n) is 3.69. The lowest BCUT2D eigenvalue weighted by Gasteiger charge is -2.23. The molecule has 26 heavy (non-hydrogen) atoms. The summed E-state index contributed by atoms with van der Waals surface area (Å²) in [5.74, 6) is 0.213. The van der Waals surface area contributed by atoms with E-state index >= 15 is 0 Å². The molecule has 140 valence electrons. The van der Waals surface area contributed by atoms with Crippen LogP contribution in [-0.2, 0) is 14.8 Å². The van der Waals surface area contributed by atoms with Crippen molar-refractivity contribution in [1.82, 2.24) is 0 Å². The van der Waals surface area contributed by atoms with E-state index in [9.17, 15) is 13.2 Å². The van der Waals surface area contributed by atoms with Crippen molar-refractivity contribution in [3.63, 3.8) is 0 Å². The Balaban J connectivity index is 2.13. The minimum Gasteiger partial charge on any atom is -0.495 e. The molecule has 0 aliphatic heterocycles. The molecule has 1 amide bonds. The van der Waals surface area contributed by atoms with Crippen LogP contribution in [-0.4, -0.2) is 34.2 Å². The number of hydrogen-bond donors (Lipinski definition) is 1. The third-order valence-corrected chi connectivity index (χ3v) is 5.19. The maximum atomic E-state index is 12.3. The number of carbonyl (C=O) groups is 1. The molecule has 2 aromatic rings. The van der Waals surface area contributed by atoms with Crippen molar-refractivity contribution < 1.29 is 17.9 Å². The fraction of sp³-hybridized carbons (Fsp3) is 0.278. The highest BCUT2D eigenvalue weighted by Gasteiger charge is 2.21. The van der Waals surface area contributed by atoms with E-state index in [1.165, 1.54) is 7.11 Å². The topological polar surface area (TPSA) is 75.7 Å². The van der Waals surface area contributed by atoms with Crippen LogP contribution in [0, 0.1) is 6.92 Å². The van der Waals surface area contributed by atoms with E-state index in [0.717, 1.165) is 16.1 Å². The Morgan fingerprint density at radius 3 is 2.54 bits per heavy atom. The summed E-state index contributed by atoms with van der Waals surface area (Å²) in [6.07, 6.45) is 1.05. The predicted molar refractivity (Wildman–Crippen MR) is 105 cm³/mol. The molecular formula is C18H21ClN2O4S. The number of para-hydroxylation sites is 1. The number of hydrogen-bond acceptors (Lipinski definition) is 4. The Morgan fingerprint density at radius 2 is 1.92 bits per heavy atom. The van der Waals surface area contributed by atoms with Crippen molar-refractivity contribution in [3.05, 3.63) is 53.1 Å². The van der Waals surface area contributed by atoms with Crippen molar-refractivity contribution in [3.8, 4) is 5.75 Å². The Kier molecular flexibility index (Phi) is 6.50. The summed E-state index contributed by atoms with van der Waals surface area (Å²) >= 11 is 6.10. The van der Waals surface area contributed by atoms with Crippen LogP contribution in [0.15, 0.2) is 42.5 Å². The lowest BCUT2D eigenvalue weighted by Crippen LogP contribution is -2.33. The number of rotatable bonds is 7. The van der Waals surface area contributed by atoms with E-state index in [1.807, 2.05) is 13.0 Å². The summed E-state index contributed by atoms with van der Waals surface area (Å²) in [5.41, 5.74) is 1.86. The molecule has 1 N–H and O–H groups in total. The van der Waals surface area contributed by atoms with Crippen LogP contribution in [0.4, 0.5) is 11.4 Å². The van der Waals surface area contributed by atoms with Gasteiger partial charge in [-0.15, -0.1) is 0 Å². The molecule has 0 unspecified atom stereocenters. The number of sulfonamides is 1.